The van der Waals surface area contributed by atoms with Crippen LogP contribution < -0.4 is 5.73 Å². The molecule has 2 rings (SSSR count). The predicted octanol–water partition coefficient (Wildman–Crippen LogP) is 5.35. The van der Waals surface area contributed by atoms with Gasteiger partial charge in [-0.3, -0.25) is 0 Å². The maximum absolute atomic E-state index is 13.8. The normalized spacial score (nSPS) is 14.0. The number of nitrogens with zero attached hydrogens (tertiary/aromatic N) is 3. The Morgan fingerprint density at radius 3 is 2.29 bits per heavy atom. The van der Waals surface area contributed by atoms with E-state index in [4.69, 9.17) is 5.73 Å². The first-order valence-corrected chi connectivity index (χ1v) is 8.72. The number of hydrogen-bond acceptors (Lipinski definition) is 4. The van der Waals surface area contributed by atoms with Crippen LogP contribution in [0.25, 0.3) is 0 Å². The van der Waals surface area contributed by atoms with E-state index in [1.165, 1.54) is 25.3 Å². The van der Waals surface area contributed by atoms with Crippen LogP contribution in [0, 0.1) is 0 Å². The zero-order valence-electron chi connectivity index (χ0n) is 14.5. The summed E-state index contributed by atoms with van der Waals surface area (Å²) in [5.41, 5.74) is 3.89. The molecule has 1 atom stereocenters. The van der Waals surface area contributed by atoms with Gasteiger partial charge in [0.1, 0.15) is 6.04 Å². The maximum atomic E-state index is 13.8. The van der Waals surface area contributed by atoms with Gasteiger partial charge in [0.2, 0.25) is 0 Å². The third kappa shape index (κ3) is 5.61. The van der Waals surface area contributed by atoms with E-state index in [0.29, 0.717) is 17.0 Å². The van der Waals surface area contributed by atoms with Gasteiger partial charge >= 0.3 is 12.4 Å². The minimum Gasteiger partial charge on any atom is -0.390 e. The van der Waals surface area contributed by atoms with E-state index in [-0.39, 0.29) is 17.9 Å². The van der Waals surface area contributed by atoms with Gasteiger partial charge in [-0.2, -0.15) is 26.3 Å². The quantitative estimate of drug-likeness (QED) is 0.295. The number of rotatable bonds is 6. The zero-order valence-corrected chi connectivity index (χ0v) is 15.3. The van der Waals surface area contributed by atoms with Crippen LogP contribution in [0.2, 0.25) is 0 Å². The van der Waals surface area contributed by atoms with E-state index in [9.17, 15) is 26.3 Å². The lowest BCUT2D eigenvalue weighted by atomic mass is 10.0. The first-order chi connectivity index (χ1) is 13.1. The minimum absolute atomic E-state index is 0.0202. The van der Waals surface area contributed by atoms with Gasteiger partial charge in [-0.25, -0.2) is 14.3 Å². The SMILES string of the molecule is CCN(Sc1ccnc(N=CN)c1)C(c1ccc(C(F)(F)F)cc1)C(F)(F)F. The zero-order chi connectivity index (χ0) is 20.9. The Labute approximate surface area is 161 Å². The molecule has 2 N–H and O–H groups in total. The lowest BCUT2D eigenvalue weighted by Gasteiger charge is -2.31. The van der Waals surface area contributed by atoms with Gasteiger partial charge in [0.15, 0.2) is 5.82 Å². The summed E-state index contributed by atoms with van der Waals surface area (Å²) in [7, 11) is 0. The topological polar surface area (TPSA) is 54.5 Å². The van der Waals surface area contributed by atoms with Gasteiger partial charge < -0.3 is 5.73 Å². The minimum atomic E-state index is -4.70. The Hall–Kier alpha value is -2.27. The molecule has 1 aromatic heterocycles. The van der Waals surface area contributed by atoms with E-state index < -0.39 is 24.0 Å². The molecule has 0 spiro atoms. The van der Waals surface area contributed by atoms with E-state index in [0.717, 1.165) is 34.7 Å². The third-order valence-electron chi connectivity index (χ3n) is 3.61. The molecule has 2 aromatic rings. The monoisotopic (exact) mass is 422 g/mol. The highest BCUT2D eigenvalue weighted by molar-refractivity contribution is 7.97. The highest BCUT2D eigenvalue weighted by Gasteiger charge is 2.45. The van der Waals surface area contributed by atoms with Crippen LogP contribution in [0.15, 0.2) is 52.5 Å². The molecule has 0 amide bonds. The van der Waals surface area contributed by atoms with Crippen molar-refractivity contribution in [1.82, 2.24) is 9.29 Å². The number of halogens is 6. The second-order valence-electron chi connectivity index (χ2n) is 5.52. The lowest BCUT2D eigenvalue weighted by Crippen LogP contribution is -2.34. The summed E-state index contributed by atoms with van der Waals surface area (Å²) in [6, 6.07) is 3.85. The van der Waals surface area contributed by atoms with E-state index in [1.807, 2.05) is 0 Å². The van der Waals surface area contributed by atoms with Crippen LogP contribution in [0.1, 0.15) is 24.1 Å². The van der Waals surface area contributed by atoms with Crippen LogP contribution in [-0.4, -0.2) is 28.3 Å². The average Bonchev–Trinajstić information content (AvgIpc) is 2.60. The third-order valence-corrected chi connectivity index (χ3v) is 4.78. The van der Waals surface area contributed by atoms with Crippen LogP contribution in [0.3, 0.4) is 0 Å². The Kier molecular flexibility index (Phi) is 6.94. The molecule has 0 aliphatic heterocycles. The molecular formula is C17H16F6N4S. The van der Waals surface area contributed by atoms with Crippen molar-refractivity contribution in [3.05, 3.63) is 53.7 Å². The van der Waals surface area contributed by atoms with Crippen molar-refractivity contribution >= 4 is 24.1 Å². The Morgan fingerprint density at radius 1 is 1.14 bits per heavy atom. The van der Waals surface area contributed by atoms with Crippen LogP contribution in [0.4, 0.5) is 32.2 Å². The fourth-order valence-electron chi connectivity index (χ4n) is 2.41. The number of nitrogens with two attached hydrogens (primary N) is 1. The van der Waals surface area contributed by atoms with E-state index in [1.54, 1.807) is 0 Å². The lowest BCUT2D eigenvalue weighted by molar-refractivity contribution is -0.172. The molecule has 0 fully saturated rings. The van der Waals surface area contributed by atoms with Gasteiger partial charge in [0.25, 0.3) is 0 Å². The number of aromatic nitrogens is 1. The summed E-state index contributed by atoms with van der Waals surface area (Å²) in [6.45, 7) is 1.50. The van der Waals surface area contributed by atoms with Crippen molar-refractivity contribution in [3.63, 3.8) is 0 Å². The number of alkyl halides is 6. The number of hydrogen-bond donors (Lipinski definition) is 1. The van der Waals surface area contributed by atoms with Crippen molar-refractivity contribution < 1.29 is 26.3 Å². The van der Waals surface area contributed by atoms with Crippen LogP contribution >= 0.6 is 11.9 Å². The molecule has 4 nitrogen and oxygen atoms in total. The molecule has 0 bridgehead atoms. The standard InChI is InChI=1S/C17H16F6N4S/c1-2-27(28-13-7-8-25-14(9-13)26-10-24)15(17(21,22)23)11-3-5-12(6-4-11)16(18,19)20/h3-10,15H,2H2,1H3,(H2,24,25,26). The molecule has 152 valence electrons. The van der Waals surface area contributed by atoms with Crippen LogP contribution in [0.5, 0.6) is 0 Å². The molecule has 0 saturated carbocycles. The molecular weight excluding hydrogens is 406 g/mol. The highest BCUT2D eigenvalue weighted by Crippen LogP contribution is 2.43. The van der Waals surface area contributed by atoms with Crippen molar-refractivity contribution in [3.8, 4) is 0 Å². The molecule has 28 heavy (non-hydrogen) atoms. The fourth-order valence-corrected chi connectivity index (χ4v) is 3.44. The Morgan fingerprint density at radius 2 is 1.79 bits per heavy atom. The second-order valence-corrected chi connectivity index (χ2v) is 6.64. The summed E-state index contributed by atoms with van der Waals surface area (Å²) in [6.07, 6.45) is -6.94. The summed E-state index contributed by atoms with van der Waals surface area (Å²) in [5, 5.41) is 0. The summed E-state index contributed by atoms with van der Waals surface area (Å²) in [5.74, 6) is 0.224. The smallest absolute Gasteiger partial charge is 0.390 e. The molecule has 0 saturated heterocycles. The summed E-state index contributed by atoms with van der Waals surface area (Å²) >= 11 is 0.805. The largest absolute Gasteiger partial charge is 0.416 e. The van der Waals surface area contributed by atoms with E-state index in [2.05, 4.69) is 9.98 Å². The fraction of sp³-hybridized carbons (Fsp3) is 0.294. The Bertz CT molecular complexity index is 805. The number of benzene rings is 1. The van der Waals surface area contributed by atoms with Gasteiger partial charge in [0.05, 0.1) is 11.9 Å². The maximum Gasteiger partial charge on any atom is 0.416 e. The van der Waals surface area contributed by atoms with Crippen molar-refractivity contribution in [2.24, 2.45) is 10.7 Å². The predicted molar refractivity (Wildman–Crippen MR) is 95.1 cm³/mol. The molecule has 11 heteroatoms. The average molecular weight is 422 g/mol. The second kappa shape index (κ2) is 8.82. The molecule has 1 unspecified atom stereocenters. The number of pyridine rings is 1. The first kappa shape index (κ1) is 22.0. The van der Waals surface area contributed by atoms with E-state index >= 15 is 0 Å². The molecule has 1 aromatic carbocycles. The van der Waals surface area contributed by atoms with Crippen molar-refractivity contribution in [2.75, 3.05) is 6.54 Å². The number of aliphatic imine (C=N–C) groups is 1. The van der Waals surface area contributed by atoms with Gasteiger partial charge in [0, 0.05) is 17.6 Å². The summed E-state index contributed by atoms with van der Waals surface area (Å²) < 4.78 is 80.4. The Balaban J connectivity index is 2.36. The molecule has 0 aliphatic rings. The first-order valence-electron chi connectivity index (χ1n) is 7.95. The molecule has 0 radical (unpaired) electrons. The van der Waals surface area contributed by atoms with Gasteiger partial charge in [-0.15, -0.1) is 0 Å². The van der Waals surface area contributed by atoms with Crippen molar-refractivity contribution in [2.45, 2.75) is 30.2 Å². The highest BCUT2D eigenvalue weighted by atomic mass is 32.2. The van der Waals surface area contributed by atoms with Crippen LogP contribution in [-0.2, 0) is 6.18 Å². The summed E-state index contributed by atoms with van der Waals surface area (Å²) in [4.78, 5) is 8.10. The molecule has 1 heterocycles. The van der Waals surface area contributed by atoms with Crippen molar-refractivity contribution in [1.29, 1.82) is 0 Å². The van der Waals surface area contributed by atoms with Gasteiger partial charge in [-0.05, 0) is 41.8 Å². The van der Waals surface area contributed by atoms with Gasteiger partial charge in [-0.1, -0.05) is 19.1 Å². The molecule has 0 aliphatic carbocycles.